The Hall–Kier alpha value is -4.38. The van der Waals surface area contributed by atoms with Crippen molar-refractivity contribution in [2.75, 3.05) is 56.0 Å². The van der Waals surface area contributed by atoms with Crippen molar-refractivity contribution < 1.29 is 19.0 Å². The lowest BCUT2D eigenvalue weighted by Gasteiger charge is -2.30. The van der Waals surface area contributed by atoms with E-state index in [2.05, 4.69) is 63.3 Å². The van der Waals surface area contributed by atoms with Gasteiger partial charge < -0.3 is 25.0 Å². The molecule has 0 bridgehead atoms. The van der Waals surface area contributed by atoms with Crippen molar-refractivity contribution in [2.24, 2.45) is 0 Å². The van der Waals surface area contributed by atoms with Crippen LogP contribution in [-0.4, -0.2) is 77.5 Å². The van der Waals surface area contributed by atoms with Gasteiger partial charge in [-0.2, -0.15) is 0 Å². The number of ether oxygens (including phenoxy) is 1. The van der Waals surface area contributed by atoms with Crippen LogP contribution in [0.3, 0.4) is 0 Å². The van der Waals surface area contributed by atoms with Gasteiger partial charge in [-0.05, 0) is 77.0 Å². The highest BCUT2D eigenvalue weighted by Gasteiger charge is 2.31. The quantitative estimate of drug-likeness (QED) is 0.152. The first-order valence-electron chi connectivity index (χ1n) is 15.4. The number of fused-ring (bicyclic) bond motifs is 2. The van der Waals surface area contributed by atoms with E-state index in [1.54, 1.807) is 23.9 Å². The molecule has 4 heterocycles. The Bertz CT molecular complexity index is 1860. The number of carboxylic acid groups (broad SMARTS) is 1. The number of carbonyl (C=O) groups is 1. The van der Waals surface area contributed by atoms with E-state index >= 15 is 0 Å². The van der Waals surface area contributed by atoms with Gasteiger partial charge in [-0.15, -0.1) is 21.5 Å². The van der Waals surface area contributed by atoms with Crippen LogP contribution in [0.1, 0.15) is 44.9 Å². The zero-order chi connectivity index (χ0) is 33.1. The number of thiazole rings is 1. The number of thioether (sulfide) groups is 1. The Balaban J connectivity index is 1.12. The van der Waals surface area contributed by atoms with Crippen molar-refractivity contribution in [3.63, 3.8) is 0 Å². The Kier molecular flexibility index (Phi) is 9.81. The molecule has 244 valence electrons. The molecule has 47 heavy (non-hydrogen) atoms. The minimum Gasteiger partial charge on any atom is -0.491 e. The van der Waals surface area contributed by atoms with Crippen LogP contribution in [0, 0.1) is 24.6 Å². The SMILES string of the molecule is Cc1c(NC2Sc3ccccc3N2C)nnc2c1CCCN2c1nc(C(=O)O)c(CCCOc2ccc(C#CCN(C)C)cc2F)s1. The summed E-state index contributed by atoms with van der Waals surface area (Å²) in [5, 5.41) is 23.3. The van der Waals surface area contributed by atoms with Crippen LogP contribution < -0.4 is 19.9 Å². The molecular formula is C34H36FN7O3S2. The molecule has 0 amide bonds. The van der Waals surface area contributed by atoms with Gasteiger partial charge in [0.25, 0.3) is 0 Å². The van der Waals surface area contributed by atoms with Gasteiger partial charge in [0.15, 0.2) is 39.5 Å². The van der Waals surface area contributed by atoms with E-state index in [1.807, 2.05) is 36.0 Å². The van der Waals surface area contributed by atoms with Gasteiger partial charge in [0.05, 0.1) is 18.8 Å². The summed E-state index contributed by atoms with van der Waals surface area (Å²) in [5.74, 6) is 5.95. The number of halogens is 1. The van der Waals surface area contributed by atoms with Gasteiger partial charge >= 0.3 is 5.97 Å². The highest BCUT2D eigenvalue weighted by Crippen LogP contribution is 2.43. The molecule has 0 saturated carbocycles. The zero-order valence-corrected chi connectivity index (χ0v) is 28.3. The lowest BCUT2D eigenvalue weighted by Crippen LogP contribution is -2.33. The van der Waals surface area contributed by atoms with Gasteiger partial charge in [0, 0.05) is 40.1 Å². The fraction of sp³-hybridized carbons (Fsp3) is 0.353. The first-order chi connectivity index (χ1) is 22.7. The fourth-order valence-corrected chi connectivity index (χ4v) is 7.82. The summed E-state index contributed by atoms with van der Waals surface area (Å²) in [5.41, 5.74) is 3.87. The number of carboxylic acids is 1. The Morgan fingerprint density at radius 1 is 1.23 bits per heavy atom. The molecule has 2 aromatic heterocycles. The van der Waals surface area contributed by atoms with Crippen molar-refractivity contribution in [2.45, 2.75) is 43.0 Å². The van der Waals surface area contributed by atoms with Crippen LogP contribution in [0.5, 0.6) is 5.75 Å². The zero-order valence-electron chi connectivity index (χ0n) is 26.7. The third-order valence-electron chi connectivity index (χ3n) is 7.97. The number of aromatic nitrogens is 3. The standard InChI is InChI=1S/C34H36FN7O3S2/c1-21-23-11-8-18-42(31(23)39-38-30(21)37-33-41(4)25-12-5-6-13-27(25)46-33)34-36-29(32(43)44)28(47-34)14-9-19-45-26-16-15-22(20-24(26)35)10-7-17-40(2)3/h5-6,12-13,15-16,20,33H,8-9,11,14,17-19H2,1-4H3,(H,37,38)(H,43,44). The Morgan fingerprint density at radius 3 is 2.83 bits per heavy atom. The lowest BCUT2D eigenvalue weighted by atomic mass is 10.0. The van der Waals surface area contributed by atoms with Crippen molar-refractivity contribution in [3.8, 4) is 17.6 Å². The molecule has 1 unspecified atom stereocenters. The molecule has 6 rings (SSSR count). The summed E-state index contributed by atoms with van der Waals surface area (Å²) >= 11 is 3.08. The number of aromatic carboxylic acids is 1. The molecule has 10 nitrogen and oxygen atoms in total. The van der Waals surface area contributed by atoms with E-state index < -0.39 is 11.8 Å². The molecule has 4 aromatic rings. The van der Waals surface area contributed by atoms with Crippen molar-refractivity contribution in [3.05, 3.63) is 75.5 Å². The number of nitrogens with zero attached hydrogens (tertiary/aromatic N) is 6. The van der Waals surface area contributed by atoms with E-state index in [4.69, 9.17) is 4.74 Å². The molecule has 2 aromatic carbocycles. The predicted molar refractivity (Wildman–Crippen MR) is 185 cm³/mol. The molecule has 0 spiro atoms. The normalized spacial score (nSPS) is 15.2. The third-order valence-corrected chi connectivity index (χ3v) is 10.4. The van der Waals surface area contributed by atoms with Crippen LogP contribution in [-0.2, 0) is 12.8 Å². The maximum Gasteiger partial charge on any atom is 0.355 e. The van der Waals surface area contributed by atoms with Crippen molar-refractivity contribution in [1.29, 1.82) is 0 Å². The number of hydrogen-bond acceptors (Lipinski definition) is 11. The second-order valence-electron chi connectivity index (χ2n) is 11.6. The summed E-state index contributed by atoms with van der Waals surface area (Å²) < 4.78 is 20.3. The summed E-state index contributed by atoms with van der Waals surface area (Å²) in [6, 6.07) is 13.0. The molecule has 2 aliphatic rings. The number of nitrogens with one attached hydrogen (secondary N) is 1. The smallest absolute Gasteiger partial charge is 0.355 e. The molecule has 0 saturated heterocycles. The van der Waals surface area contributed by atoms with Crippen LogP contribution in [0.15, 0.2) is 47.4 Å². The monoisotopic (exact) mass is 673 g/mol. The molecular weight excluding hydrogens is 638 g/mol. The average molecular weight is 674 g/mol. The first-order valence-corrected chi connectivity index (χ1v) is 17.1. The molecule has 13 heteroatoms. The average Bonchev–Trinajstić information content (AvgIpc) is 3.62. The van der Waals surface area contributed by atoms with E-state index in [9.17, 15) is 14.3 Å². The fourth-order valence-electron chi connectivity index (χ4n) is 5.52. The van der Waals surface area contributed by atoms with E-state index in [0.29, 0.717) is 47.3 Å². The number of benzene rings is 2. The van der Waals surface area contributed by atoms with Gasteiger partial charge in [-0.3, -0.25) is 4.90 Å². The molecule has 2 N–H and O–H groups in total. The summed E-state index contributed by atoms with van der Waals surface area (Å²) in [4.78, 5) is 24.7. The highest BCUT2D eigenvalue weighted by molar-refractivity contribution is 8.00. The largest absolute Gasteiger partial charge is 0.491 e. The van der Waals surface area contributed by atoms with Gasteiger partial charge in [0.2, 0.25) is 0 Å². The number of hydrogen-bond donors (Lipinski definition) is 2. The summed E-state index contributed by atoms with van der Waals surface area (Å²) in [7, 11) is 5.90. The summed E-state index contributed by atoms with van der Waals surface area (Å²) in [6.07, 6.45) is 2.64. The van der Waals surface area contributed by atoms with Crippen molar-refractivity contribution >= 4 is 51.5 Å². The maximum atomic E-state index is 14.6. The molecule has 2 aliphatic heterocycles. The highest BCUT2D eigenvalue weighted by atomic mass is 32.2. The molecule has 0 aliphatic carbocycles. The van der Waals surface area contributed by atoms with Crippen LogP contribution in [0.2, 0.25) is 0 Å². The topological polar surface area (TPSA) is 107 Å². The van der Waals surface area contributed by atoms with Crippen LogP contribution in [0.25, 0.3) is 0 Å². The minimum atomic E-state index is -1.08. The molecule has 0 radical (unpaired) electrons. The lowest BCUT2D eigenvalue weighted by molar-refractivity contribution is 0.0690. The molecule has 0 fully saturated rings. The van der Waals surface area contributed by atoms with E-state index in [1.165, 1.54) is 28.0 Å². The van der Waals surface area contributed by atoms with E-state index in [-0.39, 0.29) is 23.5 Å². The van der Waals surface area contributed by atoms with Gasteiger partial charge in [0.1, 0.15) is 0 Å². The van der Waals surface area contributed by atoms with Crippen LogP contribution in [0.4, 0.5) is 26.8 Å². The van der Waals surface area contributed by atoms with Crippen LogP contribution >= 0.6 is 23.1 Å². The second-order valence-corrected chi connectivity index (χ2v) is 13.8. The predicted octanol–water partition coefficient (Wildman–Crippen LogP) is 6.03. The minimum absolute atomic E-state index is 0.00925. The second kappa shape index (κ2) is 14.2. The van der Waals surface area contributed by atoms with Gasteiger partial charge in [-0.1, -0.05) is 35.7 Å². The number of rotatable bonds is 10. The maximum absolute atomic E-state index is 14.6. The van der Waals surface area contributed by atoms with Crippen molar-refractivity contribution in [1.82, 2.24) is 20.1 Å². The van der Waals surface area contributed by atoms with E-state index in [0.717, 1.165) is 29.8 Å². The summed E-state index contributed by atoms with van der Waals surface area (Å²) in [6.45, 7) is 3.52. The van der Waals surface area contributed by atoms with Gasteiger partial charge in [-0.25, -0.2) is 14.2 Å². The number of para-hydroxylation sites is 1. The third kappa shape index (κ3) is 7.15. The Labute approximate surface area is 282 Å². The Morgan fingerprint density at radius 2 is 2.06 bits per heavy atom. The first kappa shape index (κ1) is 32.6. The molecule has 1 atom stereocenters. The number of anilines is 4. The number of aryl methyl sites for hydroxylation is 1.